The van der Waals surface area contributed by atoms with Gasteiger partial charge in [-0.25, -0.2) is 15.0 Å². The third-order valence-electron chi connectivity index (χ3n) is 5.26. The molecule has 5 rings (SSSR count). The van der Waals surface area contributed by atoms with Crippen molar-refractivity contribution < 1.29 is 14.9 Å². The van der Waals surface area contributed by atoms with Crippen molar-refractivity contribution in [3.05, 3.63) is 54.4 Å². The van der Waals surface area contributed by atoms with Gasteiger partial charge in [0.25, 0.3) is 0 Å². The minimum atomic E-state index is -0.244. The monoisotopic (exact) mass is 403 g/mol. The van der Waals surface area contributed by atoms with Crippen molar-refractivity contribution in [1.82, 2.24) is 19.5 Å². The highest BCUT2D eigenvalue weighted by Crippen LogP contribution is 2.36. The zero-order valence-corrected chi connectivity index (χ0v) is 16.5. The number of aromatic hydroxyl groups is 2. The van der Waals surface area contributed by atoms with Crippen LogP contribution in [0.3, 0.4) is 0 Å². The molecule has 0 amide bonds. The molecule has 0 radical (unpaired) electrons. The van der Waals surface area contributed by atoms with Crippen LogP contribution in [-0.2, 0) is 4.74 Å². The number of morpholine rings is 1. The van der Waals surface area contributed by atoms with Gasteiger partial charge in [-0.05, 0) is 31.2 Å². The van der Waals surface area contributed by atoms with E-state index < -0.39 is 0 Å². The molecule has 3 heterocycles. The lowest BCUT2D eigenvalue weighted by Crippen LogP contribution is -2.37. The second-order valence-electron chi connectivity index (χ2n) is 7.27. The predicted molar refractivity (Wildman–Crippen MR) is 113 cm³/mol. The third kappa shape index (κ3) is 3.11. The molecule has 1 aliphatic rings. The third-order valence-corrected chi connectivity index (χ3v) is 5.26. The Morgan fingerprint density at radius 2 is 1.73 bits per heavy atom. The van der Waals surface area contributed by atoms with Gasteiger partial charge in [-0.15, -0.1) is 0 Å². The van der Waals surface area contributed by atoms with Gasteiger partial charge in [0, 0.05) is 18.8 Å². The summed E-state index contributed by atoms with van der Waals surface area (Å²) in [6.45, 7) is 4.63. The Morgan fingerprint density at radius 3 is 2.50 bits per heavy atom. The molecule has 8 heteroatoms. The van der Waals surface area contributed by atoms with Crippen LogP contribution in [-0.4, -0.2) is 56.0 Å². The highest BCUT2D eigenvalue weighted by molar-refractivity contribution is 5.87. The fourth-order valence-electron chi connectivity index (χ4n) is 3.61. The van der Waals surface area contributed by atoms with Crippen LogP contribution in [0.1, 0.15) is 5.56 Å². The summed E-state index contributed by atoms with van der Waals surface area (Å²) in [5.41, 5.74) is 3.77. The van der Waals surface area contributed by atoms with Gasteiger partial charge in [0.2, 0.25) is 0 Å². The van der Waals surface area contributed by atoms with E-state index in [1.807, 2.05) is 35.8 Å². The fourth-order valence-corrected chi connectivity index (χ4v) is 3.61. The number of hydrogen-bond acceptors (Lipinski definition) is 7. The molecule has 0 unspecified atom stereocenters. The number of hydrogen-bond donors (Lipinski definition) is 2. The van der Waals surface area contributed by atoms with Crippen LogP contribution in [0, 0.1) is 6.92 Å². The number of aromatic nitrogens is 4. The smallest absolute Gasteiger partial charge is 0.170 e. The maximum absolute atomic E-state index is 10.4. The van der Waals surface area contributed by atoms with Gasteiger partial charge in [-0.3, -0.25) is 4.57 Å². The summed E-state index contributed by atoms with van der Waals surface area (Å²) in [7, 11) is 0. The lowest BCUT2D eigenvalue weighted by Gasteiger charge is -2.28. The van der Waals surface area contributed by atoms with Crippen molar-refractivity contribution in [2.45, 2.75) is 6.92 Å². The molecular formula is C22H21N5O3. The number of fused-ring (bicyclic) bond motifs is 1. The minimum Gasteiger partial charge on any atom is -0.504 e. The lowest BCUT2D eigenvalue weighted by atomic mass is 10.1. The van der Waals surface area contributed by atoms with Gasteiger partial charge in [0.15, 0.2) is 34.3 Å². The van der Waals surface area contributed by atoms with Gasteiger partial charge >= 0.3 is 0 Å². The Balaban J connectivity index is 1.75. The van der Waals surface area contributed by atoms with Gasteiger partial charge < -0.3 is 19.8 Å². The van der Waals surface area contributed by atoms with Crippen LogP contribution in [0.25, 0.3) is 28.2 Å². The van der Waals surface area contributed by atoms with E-state index in [0.29, 0.717) is 54.7 Å². The van der Waals surface area contributed by atoms with Gasteiger partial charge in [-0.2, -0.15) is 0 Å². The average molecular weight is 403 g/mol. The van der Waals surface area contributed by atoms with Crippen molar-refractivity contribution in [2.24, 2.45) is 0 Å². The van der Waals surface area contributed by atoms with Crippen molar-refractivity contribution in [1.29, 1.82) is 0 Å². The van der Waals surface area contributed by atoms with E-state index in [9.17, 15) is 10.2 Å². The largest absolute Gasteiger partial charge is 0.504 e. The Labute approximate surface area is 173 Å². The first kappa shape index (κ1) is 18.4. The molecular weight excluding hydrogens is 382 g/mol. The molecule has 0 bridgehead atoms. The van der Waals surface area contributed by atoms with Gasteiger partial charge in [0.05, 0.1) is 18.8 Å². The Bertz CT molecular complexity index is 1210. The van der Waals surface area contributed by atoms with Crippen molar-refractivity contribution in [3.8, 4) is 28.6 Å². The van der Waals surface area contributed by atoms with E-state index in [-0.39, 0.29) is 11.5 Å². The standard InChI is InChI=1S/C22H21N5O3/c1-14-5-7-15(8-6-14)27-13-23-18-21(26-9-11-30-12-10-26)24-20(25-22(18)27)16-3-2-4-17(28)19(16)29/h2-8,13,28-29H,9-12H2,1H3. The molecule has 0 spiro atoms. The Hall–Kier alpha value is -3.65. The number of aryl methyl sites for hydroxylation is 1. The van der Waals surface area contributed by atoms with Gasteiger partial charge in [-0.1, -0.05) is 23.8 Å². The summed E-state index contributed by atoms with van der Waals surface area (Å²) in [5, 5.41) is 20.4. The summed E-state index contributed by atoms with van der Waals surface area (Å²) in [6, 6.07) is 12.9. The van der Waals surface area contributed by atoms with E-state index in [0.717, 1.165) is 11.3 Å². The Kier molecular flexibility index (Phi) is 4.48. The minimum absolute atomic E-state index is 0.212. The van der Waals surface area contributed by atoms with E-state index in [1.54, 1.807) is 18.5 Å². The number of nitrogens with zero attached hydrogens (tertiary/aromatic N) is 5. The molecule has 4 aromatic rings. The number of imidazole rings is 1. The van der Waals surface area contributed by atoms with Crippen molar-refractivity contribution in [2.75, 3.05) is 31.2 Å². The summed E-state index contributed by atoms with van der Waals surface area (Å²) in [6.07, 6.45) is 1.74. The van der Waals surface area contributed by atoms with E-state index in [1.165, 1.54) is 6.07 Å². The summed E-state index contributed by atoms with van der Waals surface area (Å²) < 4.78 is 7.39. The Morgan fingerprint density at radius 1 is 0.967 bits per heavy atom. The molecule has 0 saturated carbocycles. The number of ether oxygens (including phenoxy) is 1. The number of anilines is 1. The zero-order chi connectivity index (χ0) is 20.7. The van der Waals surface area contributed by atoms with Crippen molar-refractivity contribution in [3.63, 3.8) is 0 Å². The second-order valence-corrected chi connectivity index (χ2v) is 7.27. The molecule has 30 heavy (non-hydrogen) atoms. The number of phenols is 2. The van der Waals surface area contributed by atoms with E-state index in [2.05, 4.69) is 9.88 Å². The first-order chi connectivity index (χ1) is 14.6. The van der Waals surface area contributed by atoms with Crippen LogP contribution < -0.4 is 4.90 Å². The van der Waals surface area contributed by atoms with Crippen LogP contribution in [0.4, 0.5) is 5.82 Å². The first-order valence-electron chi connectivity index (χ1n) is 9.78. The van der Waals surface area contributed by atoms with Gasteiger partial charge in [0.1, 0.15) is 6.33 Å². The molecule has 1 fully saturated rings. The highest BCUT2D eigenvalue weighted by Gasteiger charge is 2.22. The van der Waals surface area contributed by atoms with Crippen LogP contribution >= 0.6 is 0 Å². The van der Waals surface area contributed by atoms with E-state index in [4.69, 9.17) is 14.7 Å². The quantitative estimate of drug-likeness (QED) is 0.508. The number of rotatable bonds is 3. The molecule has 152 valence electrons. The molecule has 1 saturated heterocycles. The summed E-state index contributed by atoms with van der Waals surface area (Å²) >= 11 is 0. The van der Waals surface area contributed by atoms with Crippen LogP contribution in [0.5, 0.6) is 11.5 Å². The molecule has 8 nitrogen and oxygen atoms in total. The SMILES string of the molecule is Cc1ccc(-n2cnc3c(N4CCOCC4)nc(-c4cccc(O)c4O)nc32)cc1. The maximum Gasteiger partial charge on any atom is 0.170 e. The maximum atomic E-state index is 10.4. The lowest BCUT2D eigenvalue weighted by molar-refractivity contribution is 0.122. The molecule has 0 aliphatic carbocycles. The molecule has 2 aromatic carbocycles. The first-order valence-corrected chi connectivity index (χ1v) is 9.78. The molecule has 2 N–H and O–H groups in total. The van der Waals surface area contributed by atoms with Crippen LogP contribution in [0.15, 0.2) is 48.8 Å². The second kappa shape index (κ2) is 7.31. The van der Waals surface area contributed by atoms with Crippen molar-refractivity contribution >= 4 is 17.0 Å². The van der Waals surface area contributed by atoms with E-state index >= 15 is 0 Å². The number of para-hydroxylation sites is 1. The summed E-state index contributed by atoms with van der Waals surface area (Å²) in [5.74, 6) is 0.556. The normalized spacial score (nSPS) is 14.4. The highest BCUT2D eigenvalue weighted by atomic mass is 16.5. The predicted octanol–water partition coefficient (Wildman–Crippen LogP) is 3.04. The van der Waals surface area contributed by atoms with Crippen LogP contribution in [0.2, 0.25) is 0 Å². The molecule has 0 atom stereocenters. The molecule has 1 aliphatic heterocycles. The zero-order valence-electron chi connectivity index (χ0n) is 16.5. The number of benzene rings is 2. The fraction of sp³-hybridized carbons (Fsp3) is 0.227. The average Bonchev–Trinajstić information content (AvgIpc) is 3.20. The number of phenolic OH excluding ortho intramolecular Hbond substituents is 2. The topological polar surface area (TPSA) is 96.5 Å². The molecule has 2 aromatic heterocycles. The summed E-state index contributed by atoms with van der Waals surface area (Å²) in [4.78, 5) is 16.2.